The molecule has 4 aromatic rings. The Kier molecular flexibility index (Phi) is 7.20. The van der Waals surface area contributed by atoms with Crippen LogP contribution in [0.1, 0.15) is 37.7 Å². The van der Waals surface area contributed by atoms with Crippen LogP contribution in [-0.4, -0.2) is 75.0 Å². The smallest absolute Gasteiger partial charge is 0.276 e. The van der Waals surface area contributed by atoms with Crippen LogP contribution in [0.2, 0.25) is 0 Å². The molecule has 6 rings (SSSR count). The molecule has 3 aromatic carbocycles. The first-order valence-corrected chi connectivity index (χ1v) is 13.8. The van der Waals surface area contributed by atoms with Crippen molar-refractivity contribution in [1.82, 2.24) is 24.8 Å². The van der Waals surface area contributed by atoms with Gasteiger partial charge in [-0.05, 0) is 67.6 Å². The van der Waals surface area contributed by atoms with Crippen molar-refractivity contribution in [1.29, 1.82) is 0 Å². The molecule has 2 saturated heterocycles. The second kappa shape index (κ2) is 11.1. The molecule has 2 amide bonds. The molecule has 0 aliphatic carbocycles. The molecule has 40 heavy (non-hydrogen) atoms. The second-order valence-corrected chi connectivity index (χ2v) is 10.7. The molecule has 2 aliphatic heterocycles. The third-order valence-corrected chi connectivity index (χ3v) is 7.80. The molecule has 2 atom stereocenters. The van der Waals surface area contributed by atoms with Gasteiger partial charge in [0.2, 0.25) is 0 Å². The van der Waals surface area contributed by atoms with Crippen LogP contribution in [0.25, 0.3) is 5.69 Å². The lowest BCUT2D eigenvalue weighted by Crippen LogP contribution is -2.53. The minimum Gasteiger partial charge on any atom is -0.372 e. The number of hydrogen-bond acceptors (Lipinski definition) is 5. The first-order valence-electron chi connectivity index (χ1n) is 13.0. The molecule has 0 N–H and O–H groups in total. The lowest BCUT2D eigenvalue weighted by atomic mass is 10.1. The van der Waals surface area contributed by atoms with Crippen LogP contribution in [0.4, 0.5) is 0 Å². The van der Waals surface area contributed by atoms with Gasteiger partial charge in [0.1, 0.15) is 0 Å². The van der Waals surface area contributed by atoms with E-state index in [1.807, 2.05) is 73.7 Å². The number of rotatable bonds is 3. The van der Waals surface area contributed by atoms with Crippen molar-refractivity contribution >= 4 is 27.7 Å². The maximum atomic E-state index is 13.6. The summed E-state index contributed by atoms with van der Waals surface area (Å²) in [5.74, 6) is 5.98. The highest BCUT2D eigenvalue weighted by atomic mass is 79.9. The van der Waals surface area contributed by atoms with Gasteiger partial charge in [-0.2, -0.15) is 0 Å². The predicted molar refractivity (Wildman–Crippen MR) is 153 cm³/mol. The summed E-state index contributed by atoms with van der Waals surface area (Å²) < 4.78 is 8.61. The van der Waals surface area contributed by atoms with Crippen LogP contribution >= 0.6 is 15.9 Å². The van der Waals surface area contributed by atoms with Gasteiger partial charge in [-0.15, -0.1) is 5.10 Å². The molecule has 1 aromatic heterocycles. The van der Waals surface area contributed by atoms with E-state index in [-0.39, 0.29) is 24.0 Å². The molecule has 200 valence electrons. The summed E-state index contributed by atoms with van der Waals surface area (Å²) in [6.45, 7) is 3.49. The highest BCUT2D eigenvalue weighted by Crippen LogP contribution is 2.27. The lowest BCUT2D eigenvalue weighted by Gasteiger charge is -2.36. The highest BCUT2D eigenvalue weighted by Gasteiger charge is 2.44. The molecule has 0 unspecified atom stereocenters. The average molecular weight is 596 g/mol. The molecular formula is C31H26BrN5O3. The normalized spacial score (nSPS) is 18.1. The number of fused-ring (bicyclic) bond motifs is 1. The number of carbonyl (C=O) groups is 2. The number of benzene rings is 3. The van der Waals surface area contributed by atoms with Crippen LogP contribution < -0.4 is 0 Å². The molecule has 0 spiro atoms. The van der Waals surface area contributed by atoms with E-state index in [1.54, 1.807) is 26.6 Å². The zero-order valence-corrected chi connectivity index (χ0v) is 23.4. The van der Waals surface area contributed by atoms with Gasteiger partial charge >= 0.3 is 0 Å². The van der Waals surface area contributed by atoms with Crippen molar-refractivity contribution in [3.05, 3.63) is 111 Å². The van der Waals surface area contributed by atoms with Gasteiger partial charge < -0.3 is 14.5 Å². The number of amides is 2. The van der Waals surface area contributed by atoms with E-state index in [0.717, 1.165) is 21.3 Å². The van der Waals surface area contributed by atoms with Crippen molar-refractivity contribution < 1.29 is 14.3 Å². The number of morpholine rings is 1. The van der Waals surface area contributed by atoms with Crippen LogP contribution in [0.5, 0.6) is 0 Å². The fraction of sp³-hybridized carbons (Fsp3) is 0.226. The number of halogens is 1. The zero-order chi connectivity index (χ0) is 27.6. The standard InChI is InChI=1S/C31H26BrN5O3/c1-21-29(33-34-37(21)26-15-13-25(32)14-16-26)31(39)36-17-18-40-28-20-35(19-27(28)36)30(38)24-11-9-23(10-12-24)8-7-22-5-3-2-4-6-22/h2-6,9-16,27-28H,17-20H2,1H3/t27-,28+/m0/s1. The van der Waals surface area contributed by atoms with Crippen LogP contribution in [0.3, 0.4) is 0 Å². The Bertz CT molecular complexity index is 1610. The lowest BCUT2D eigenvalue weighted by molar-refractivity contribution is -0.0371. The van der Waals surface area contributed by atoms with E-state index in [9.17, 15) is 9.59 Å². The Hall–Kier alpha value is -4.26. The van der Waals surface area contributed by atoms with Crippen LogP contribution in [0.15, 0.2) is 83.3 Å². The van der Waals surface area contributed by atoms with E-state index in [0.29, 0.717) is 43.2 Å². The molecule has 8 nitrogen and oxygen atoms in total. The topological polar surface area (TPSA) is 80.6 Å². The average Bonchev–Trinajstić information content (AvgIpc) is 3.60. The summed E-state index contributed by atoms with van der Waals surface area (Å²) in [6, 6.07) is 24.5. The minimum absolute atomic E-state index is 0.0923. The largest absolute Gasteiger partial charge is 0.372 e. The third kappa shape index (κ3) is 5.16. The van der Waals surface area contributed by atoms with E-state index in [2.05, 4.69) is 38.1 Å². The molecule has 2 fully saturated rings. The quantitative estimate of drug-likeness (QED) is 0.333. The fourth-order valence-electron chi connectivity index (χ4n) is 5.14. The monoisotopic (exact) mass is 595 g/mol. The van der Waals surface area contributed by atoms with E-state index < -0.39 is 0 Å². The van der Waals surface area contributed by atoms with E-state index in [1.165, 1.54) is 0 Å². The number of hydrogen-bond donors (Lipinski definition) is 0. The number of likely N-dealkylation sites (tertiary alicyclic amines) is 1. The summed E-state index contributed by atoms with van der Waals surface area (Å²) in [7, 11) is 0. The van der Waals surface area contributed by atoms with Gasteiger partial charge in [-0.3, -0.25) is 9.59 Å². The van der Waals surface area contributed by atoms with Crippen molar-refractivity contribution in [2.24, 2.45) is 0 Å². The van der Waals surface area contributed by atoms with Crippen LogP contribution in [0, 0.1) is 18.8 Å². The maximum absolute atomic E-state index is 13.6. The zero-order valence-electron chi connectivity index (χ0n) is 21.8. The molecule has 0 bridgehead atoms. The molecule has 0 radical (unpaired) electrons. The summed E-state index contributed by atoms with van der Waals surface area (Å²) >= 11 is 3.44. The molecule has 2 aliphatic rings. The predicted octanol–water partition coefficient (Wildman–Crippen LogP) is 4.10. The molecule has 9 heteroatoms. The summed E-state index contributed by atoms with van der Waals surface area (Å²) in [6.07, 6.45) is -0.250. The second-order valence-electron chi connectivity index (χ2n) is 9.79. The van der Waals surface area contributed by atoms with E-state index >= 15 is 0 Å². The Balaban J connectivity index is 1.15. The summed E-state index contributed by atoms with van der Waals surface area (Å²) in [4.78, 5) is 30.6. The van der Waals surface area contributed by atoms with Gasteiger partial charge in [0, 0.05) is 40.8 Å². The Morgan fingerprint density at radius 3 is 2.33 bits per heavy atom. The van der Waals surface area contributed by atoms with Gasteiger partial charge in [-0.1, -0.05) is 51.2 Å². The van der Waals surface area contributed by atoms with Crippen molar-refractivity contribution in [3.8, 4) is 17.5 Å². The van der Waals surface area contributed by atoms with Gasteiger partial charge in [-0.25, -0.2) is 4.68 Å². The maximum Gasteiger partial charge on any atom is 0.276 e. The SMILES string of the molecule is Cc1c(C(=O)N2CCO[C@@H]3CN(C(=O)c4ccc(C#Cc5ccccc5)cc4)C[C@@H]32)nnn1-c1ccc(Br)cc1. The highest BCUT2D eigenvalue weighted by molar-refractivity contribution is 9.10. The number of aromatic nitrogens is 3. The minimum atomic E-state index is -0.251. The molecule has 0 saturated carbocycles. The third-order valence-electron chi connectivity index (χ3n) is 7.27. The van der Waals surface area contributed by atoms with Crippen molar-refractivity contribution in [3.63, 3.8) is 0 Å². The number of carbonyl (C=O) groups excluding carboxylic acids is 2. The van der Waals surface area contributed by atoms with Crippen LogP contribution in [-0.2, 0) is 4.74 Å². The van der Waals surface area contributed by atoms with Gasteiger partial charge in [0.05, 0.1) is 30.1 Å². The van der Waals surface area contributed by atoms with Crippen molar-refractivity contribution in [2.45, 2.75) is 19.1 Å². The Labute approximate surface area is 240 Å². The number of nitrogens with zero attached hydrogens (tertiary/aromatic N) is 5. The molecular weight excluding hydrogens is 570 g/mol. The summed E-state index contributed by atoms with van der Waals surface area (Å²) in [5.41, 5.74) is 4.14. The fourth-order valence-corrected chi connectivity index (χ4v) is 5.41. The molecule has 3 heterocycles. The number of ether oxygens (including phenoxy) is 1. The first kappa shape index (κ1) is 26.0. The van der Waals surface area contributed by atoms with Crippen molar-refractivity contribution in [2.75, 3.05) is 26.2 Å². The first-order chi connectivity index (χ1) is 19.5. The summed E-state index contributed by atoms with van der Waals surface area (Å²) in [5, 5.41) is 8.46. The van der Waals surface area contributed by atoms with E-state index in [4.69, 9.17) is 4.74 Å². The Morgan fingerprint density at radius 1 is 0.900 bits per heavy atom. The van der Waals surface area contributed by atoms with Gasteiger partial charge in [0.15, 0.2) is 5.69 Å². The Morgan fingerprint density at radius 2 is 1.60 bits per heavy atom. The van der Waals surface area contributed by atoms with Gasteiger partial charge in [0.25, 0.3) is 11.8 Å².